The lowest BCUT2D eigenvalue weighted by Crippen LogP contribution is -2.38. The van der Waals surface area contributed by atoms with Crippen molar-refractivity contribution in [3.8, 4) is 0 Å². The zero-order valence-corrected chi connectivity index (χ0v) is 16.7. The van der Waals surface area contributed by atoms with Crippen molar-refractivity contribution in [3.63, 3.8) is 0 Å². The molecule has 0 aliphatic carbocycles. The molecule has 138 valence electrons. The van der Waals surface area contributed by atoms with E-state index in [-0.39, 0.29) is 11.7 Å². The van der Waals surface area contributed by atoms with E-state index >= 15 is 0 Å². The number of nitrogens with zero attached hydrogens (tertiary/aromatic N) is 1. The summed E-state index contributed by atoms with van der Waals surface area (Å²) < 4.78 is 27.5. The van der Waals surface area contributed by atoms with E-state index in [1.54, 1.807) is 22.5 Å². The molecule has 0 radical (unpaired) electrons. The Bertz CT molecular complexity index is 899. The normalized spacial score (nSPS) is 14.7. The monoisotopic (exact) mass is 436 g/mol. The highest BCUT2D eigenvalue weighted by atomic mass is 79.9. The minimum Gasteiger partial charge on any atom is -0.352 e. The summed E-state index contributed by atoms with van der Waals surface area (Å²) in [5.41, 5.74) is 2.85. The van der Waals surface area contributed by atoms with Crippen LogP contribution in [0.1, 0.15) is 27.9 Å². The molecule has 0 unspecified atom stereocenters. The van der Waals surface area contributed by atoms with Crippen LogP contribution < -0.4 is 5.32 Å². The number of benzene rings is 2. The topological polar surface area (TPSA) is 66.5 Å². The predicted molar refractivity (Wildman–Crippen MR) is 105 cm³/mol. The van der Waals surface area contributed by atoms with Crippen molar-refractivity contribution in [1.82, 2.24) is 9.62 Å². The molecule has 0 bridgehead atoms. The number of carbonyl (C=O) groups is 1. The number of rotatable bonds is 6. The van der Waals surface area contributed by atoms with Crippen LogP contribution in [0.25, 0.3) is 0 Å². The molecular formula is C19H21BrN2O3S. The fourth-order valence-corrected chi connectivity index (χ4v) is 4.90. The van der Waals surface area contributed by atoms with E-state index in [4.69, 9.17) is 0 Å². The quantitative estimate of drug-likeness (QED) is 0.707. The Labute approximate surface area is 162 Å². The van der Waals surface area contributed by atoms with Crippen LogP contribution in [-0.2, 0) is 23.0 Å². The third-order valence-corrected chi connectivity index (χ3v) is 6.84. The van der Waals surface area contributed by atoms with Crippen LogP contribution in [0.15, 0.2) is 53.0 Å². The maximum absolute atomic E-state index is 12.6. The molecule has 1 aliphatic heterocycles. The number of hydrogen-bond donors (Lipinski definition) is 1. The molecule has 1 heterocycles. The first-order valence-electron chi connectivity index (χ1n) is 8.54. The Morgan fingerprint density at radius 1 is 1.12 bits per heavy atom. The van der Waals surface area contributed by atoms with Crippen molar-refractivity contribution in [3.05, 3.63) is 69.7 Å². The van der Waals surface area contributed by atoms with E-state index in [0.717, 1.165) is 16.5 Å². The number of fused-ring (bicyclic) bond motifs is 1. The fourth-order valence-electron chi connectivity index (χ4n) is 3.02. The number of nitrogens with one attached hydrogen (secondary N) is 1. The van der Waals surface area contributed by atoms with Gasteiger partial charge in [-0.25, -0.2) is 8.42 Å². The first kappa shape index (κ1) is 19.1. The summed E-state index contributed by atoms with van der Waals surface area (Å²) in [5, 5.41) is 2.77. The lowest BCUT2D eigenvalue weighted by atomic mass is 10.0. The summed E-state index contributed by atoms with van der Waals surface area (Å²) in [6, 6.07) is 15.0. The average molecular weight is 437 g/mol. The smallest absolute Gasteiger partial charge is 0.251 e. The molecule has 5 nitrogen and oxygen atoms in total. The molecule has 0 aromatic heterocycles. The van der Waals surface area contributed by atoms with E-state index in [1.807, 2.05) is 24.3 Å². The summed E-state index contributed by atoms with van der Waals surface area (Å²) in [4.78, 5) is 12.1. The highest BCUT2D eigenvalue weighted by Gasteiger charge is 2.26. The van der Waals surface area contributed by atoms with Crippen LogP contribution in [-0.4, -0.2) is 37.5 Å². The van der Waals surface area contributed by atoms with E-state index in [9.17, 15) is 13.2 Å². The first-order chi connectivity index (χ1) is 12.5. The van der Waals surface area contributed by atoms with Gasteiger partial charge >= 0.3 is 0 Å². The highest BCUT2D eigenvalue weighted by molar-refractivity contribution is 9.10. The summed E-state index contributed by atoms with van der Waals surface area (Å²) >= 11 is 3.33. The SMILES string of the molecule is O=C(NCCCS(=O)(=O)N1CCc2ccccc2C1)c1cccc(Br)c1. The molecule has 0 fully saturated rings. The van der Waals surface area contributed by atoms with Gasteiger partial charge in [-0.15, -0.1) is 0 Å². The molecule has 26 heavy (non-hydrogen) atoms. The molecule has 1 aliphatic rings. The molecule has 7 heteroatoms. The molecule has 0 atom stereocenters. The Kier molecular flexibility index (Phi) is 6.11. The molecule has 0 saturated carbocycles. The van der Waals surface area contributed by atoms with Crippen molar-refractivity contribution < 1.29 is 13.2 Å². The Morgan fingerprint density at radius 2 is 1.88 bits per heavy atom. The third kappa shape index (κ3) is 4.72. The molecular weight excluding hydrogens is 416 g/mol. The fraction of sp³-hybridized carbons (Fsp3) is 0.316. The van der Waals surface area contributed by atoms with Crippen molar-refractivity contribution in [1.29, 1.82) is 0 Å². The number of sulfonamides is 1. The average Bonchev–Trinajstić information content (AvgIpc) is 2.64. The van der Waals surface area contributed by atoms with Gasteiger partial charge in [0.15, 0.2) is 0 Å². The van der Waals surface area contributed by atoms with Crippen molar-refractivity contribution in [2.45, 2.75) is 19.4 Å². The van der Waals surface area contributed by atoms with Gasteiger partial charge in [0.05, 0.1) is 5.75 Å². The van der Waals surface area contributed by atoms with Crippen LogP contribution in [0.3, 0.4) is 0 Å². The summed E-state index contributed by atoms with van der Waals surface area (Å²) in [5.74, 6) is -0.163. The van der Waals surface area contributed by atoms with E-state index in [1.165, 1.54) is 5.56 Å². The zero-order chi connectivity index (χ0) is 18.6. The molecule has 3 rings (SSSR count). The Hall–Kier alpha value is -1.70. The summed E-state index contributed by atoms with van der Waals surface area (Å²) in [6.07, 6.45) is 1.13. The third-order valence-electron chi connectivity index (χ3n) is 4.44. The van der Waals surface area contributed by atoms with Crippen LogP contribution in [0.2, 0.25) is 0 Å². The largest absolute Gasteiger partial charge is 0.352 e. The second kappa shape index (κ2) is 8.33. The van der Waals surface area contributed by atoms with Crippen LogP contribution in [0.5, 0.6) is 0 Å². The molecule has 1 amide bonds. The van der Waals surface area contributed by atoms with Gasteiger partial charge in [0.2, 0.25) is 10.0 Å². The van der Waals surface area contributed by atoms with Gasteiger partial charge in [-0.1, -0.05) is 46.3 Å². The van der Waals surface area contributed by atoms with Gasteiger partial charge < -0.3 is 5.32 Å². The van der Waals surface area contributed by atoms with Gasteiger partial charge in [0.25, 0.3) is 5.91 Å². The van der Waals surface area contributed by atoms with Crippen molar-refractivity contribution >= 4 is 31.9 Å². The van der Waals surface area contributed by atoms with Crippen molar-refractivity contribution in [2.24, 2.45) is 0 Å². The van der Waals surface area contributed by atoms with Crippen molar-refractivity contribution in [2.75, 3.05) is 18.8 Å². The molecule has 2 aromatic rings. The molecule has 2 aromatic carbocycles. The minimum absolute atomic E-state index is 0.0356. The number of hydrogen-bond acceptors (Lipinski definition) is 3. The predicted octanol–water partition coefficient (Wildman–Crippen LogP) is 2.96. The highest BCUT2D eigenvalue weighted by Crippen LogP contribution is 2.21. The first-order valence-corrected chi connectivity index (χ1v) is 10.9. The van der Waals surface area contributed by atoms with E-state index < -0.39 is 10.0 Å². The molecule has 0 saturated heterocycles. The van der Waals surface area contributed by atoms with E-state index in [2.05, 4.69) is 27.3 Å². The zero-order valence-electron chi connectivity index (χ0n) is 14.3. The molecule has 0 spiro atoms. The Balaban J connectivity index is 1.49. The number of amides is 1. The van der Waals surface area contributed by atoms with Gasteiger partial charge in [-0.3, -0.25) is 4.79 Å². The second-order valence-electron chi connectivity index (χ2n) is 6.29. The summed E-state index contributed by atoms with van der Waals surface area (Å²) in [6.45, 7) is 1.28. The van der Waals surface area contributed by atoms with Gasteiger partial charge in [-0.05, 0) is 42.2 Å². The molecule has 1 N–H and O–H groups in total. The van der Waals surface area contributed by atoms with Crippen LogP contribution in [0, 0.1) is 0 Å². The number of halogens is 1. The maximum Gasteiger partial charge on any atom is 0.251 e. The maximum atomic E-state index is 12.6. The van der Waals surface area contributed by atoms with Gasteiger partial charge in [-0.2, -0.15) is 4.31 Å². The lowest BCUT2D eigenvalue weighted by Gasteiger charge is -2.28. The van der Waals surface area contributed by atoms with Gasteiger partial charge in [0.1, 0.15) is 0 Å². The minimum atomic E-state index is -3.32. The van der Waals surface area contributed by atoms with Gasteiger partial charge in [0, 0.05) is 29.7 Å². The number of carbonyl (C=O) groups excluding carboxylic acids is 1. The van der Waals surface area contributed by atoms with Crippen LogP contribution >= 0.6 is 15.9 Å². The second-order valence-corrected chi connectivity index (χ2v) is 9.29. The summed E-state index contributed by atoms with van der Waals surface area (Å²) in [7, 11) is -3.32. The van der Waals surface area contributed by atoms with E-state index in [0.29, 0.717) is 31.6 Å². The van der Waals surface area contributed by atoms with Crippen LogP contribution in [0.4, 0.5) is 0 Å². The standard InChI is InChI=1S/C19H21BrN2O3S/c20-18-8-3-7-16(13-18)19(23)21-10-4-12-26(24,25)22-11-9-15-5-1-2-6-17(15)14-22/h1-3,5-8,13H,4,9-12,14H2,(H,21,23). The lowest BCUT2D eigenvalue weighted by molar-refractivity contribution is 0.0953. The Morgan fingerprint density at radius 3 is 2.65 bits per heavy atom.